The number of nitrogens with one attached hydrogen (secondary N) is 2. The summed E-state index contributed by atoms with van der Waals surface area (Å²) in [6.45, 7) is 1.21. The van der Waals surface area contributed by atoms with Crippen LogP contribution in [0.4, 0.5) is 15.8 Å². The Kier molecular flexibility index (Phi) is 4.85. The summed E-state index contributed by atoms with van der Waals surface area (Å²) < 4.78 is 14.0. The van der Waals surface area contributed by atoms with E-state index in [1.165, 1.54) is 19.1 Å². The van der Waals surface area contributed by atoms with Crippen LogP contribution in [0.1, 0.15) is 6.92 Å². The fourth-order valence-corrected chi connectivity index (χ4v) is 1.98. The molecule has 0 saturated carbocycles. The fourth-order valence-electron chi connectivity index (χ4n) is 1.98. The monoisotopic (exact) mass is 301 g/mol. The summed E-state index contributed by atoms with van der Waals surface area (Å²) in [5.74, 6) is -1.19. The van der Waals surface area contributed by atoms with E-state index in [2.05, 4.69) is 10.6 Å². The molecule has 0 heterocycles. The van der Waals surface area contributed by atoms with E-state index in [9.17, 15) is 14.0 Å². The number of anilines is 2. The molecular weight excluding hydrogens is 285 g/mol. The molecule has 0 fully saturated rings. The first kappa shape index (κ1) is 15.7. The van der Waals surface area contributed by atoms with E-state index in [-0.39, 0.29) is 18.1 Å². The van der Waals surface area contributed by atoms with Crippen LogP contribution in [0.2, 0.25) is 0 Å². The van der Waals surface area contributed by atoms with Gasteiger partial charge in [0.05, 0.1) is 12.2 Å². The van der Waals surface area contributed by atoms with Crippen LogP contribution >= 0.6 is 0 Å². The molecule has 4 N–H and O–H groups in total. The molecule has 0 unspecified atom stereocenters. The Morgan fingerprint density at radius 2 is 1.82 bits per heavy atom. The minimum Gasteiger partial charge on any atom is -0.326 e. The van der Waals surface area contributed by atoms with Crippen LogP contribution in [-0.2, 0) is 9.59 Å². The van der Waals surface area contributed by atoms with Gasteiger partial charge < -0.3 is 16.4 Å². The van der Waals surface area contributed by atoms with Crippen LogP contribution in [0.3, 0.4) is 0 Å². The predicted octanol–water partition coefficient (Wildman–Crippen LogP) is 2.35. The molecule has 0 radical (unpaired) electrons. The third-order valence-electron chi connectivity index (χ3n) is 2.94. The fraction of sp³-hybridized carbons (Fsp3) is 0.125. The molecule has 0 aromatic heterocycles. The van der Waals surface area contributed by atoms with Crippen molar-refractivity contribution in [3.05, 3.63) is 48.3 Å². The molecule has 2 aromatic rings. The average molecular weight is 301 g/mol. The predicted molar refractivity (Wildman–Crippen MR) is 83.8 cm³/mol. The molecular formula is C16H16FN3O2. The Bertz CT molecular complexity index is 716. The number of hydrogen-bond acceptors (Lipinski definition) is 3. The maximum absolute atomic E-state index is 14.0. The van der Waals surface area contributed by atoms with Gasteiger partial charge in [-0.3, -0.25) is 9.59 Å². The Labute approximate surface area is 127 Å². The van der Waals surface area contributed by atoms with Gasteiger partial charge in [-0.15, -0.1) is 0 Å². The van der Waals surface area contributed by atoms with Gasteiger partial charge in [-0.1, -0.05) is 18.2 Å². The molecule has 6 heteroatoms. The molecule has 0 spiro atoms. The summed E-state index contributed by atoms with van der Waals surface area (Å²) in [6.07, 6.45) is 0. The second kappa shape index (κ2) is 6.82. The maximum atomic E-state index is 14.0. The molecule has 0 saturated heterocycles. The molecule has 2 aromatic carbocycles. The minimum absolute atomic E-state index is 0.0808. The molecule has 2 amide bonds. The van der Waals surface area contributed by atoms with Gasteiger partial charge in [-0.2, -0.15) is 0 Å². The second-order valence-electron chi connectivity index (χ2n) is 4.71. The van der Waals surface area contributed by atoms with Crippen LogP contribution in [0, 0.1) is 5.82 Å². The van der Waals surface area contributed by atoms with Gasteiger partial charge in [0.15, 0.2) is 0 Å². The van der Waals surface area contributed by atoms with Crippen LogP contribution in [0.25, 0.3) is 11.1 Å². The number of benzene rings is 2. The lowest BCUT2D eigenvalue weighted by Crippen LogP contribution is -2.22. The first-order valence-electron chi connectivity index (χ1n) is 6.67. The van der Waals surface area contributed by atoms with E-state index in [0.717, 1.165) is 5.56 Å². The Morgan fingerprint density at radius 3 is 2.45 bits per heavy atom. The highest BCUT2D eigenvalue weighted by Crippen LogP contribution is 2.26. The Balaban J connectivity index is 2.28. The zero-order valence-corrected chi connectivity index (χ0v) is 12.0. The molecule has 0 aliphatic carbocycles. The molecule has 114 valence electrons. The van der Waals surface area contributed by atoms with Crippen molar-refractivity contribution in [2.24, 2.45) is 5.73 Å². The van der Waals surface area contributed by atoms with Crippen molar-refractivity contribution >= 4 is 23.2 Å². The summed E-state index contributed by atoms with van der Waals surface area (Å²) in [6, 6.07) is 11.5. The lowest BCUT2D eigenvalue weighted by molar-refractivity contribution is -0.115. The number of nitrogens with two attached hydrogens (primary N) is 1. The molecule has 2 rings (SSSR count). The Hall–Kier alpha value is -2.73. The van der Waals surface area contributed by atoms with Crippen molar-refractivity contribution in [3.8, 4) is 11.1 Å². The van der Waals surface area contributed by atoms with Crippen molar-refractivity contribution in [2.45, 2.75) is 6.92 Å². The van der Waals surface area contributed by atoms with E-state index in [1.54, 1.807) is 30.3 Å². The van der Waals surface area contributed by atoms with Crippen LogP contribution in [0.5, 0.6) is 0 Å². The zero-order chi connectivity index (χ0) is 16.1. The van der Waals surface area contributed by atoms with E-state index >= 15 is 0 Å². The van der Waals surface area contributed by atoms with Crippen molar-refractivity contribution in [3.63, 3.8) is 0 Å². The van der Waals surface area contributed by atoms with Gasteiger partial charge in [-0.05, 0) is 35.4 Å². The molecule has 0 aliphatic heterocycles. The van der Waals surface area contributed by atoms with Crippen molar-refractivity contribution in [1.29, 1.82) is 0 Å². The summed E-state index contributed by atoms with van der Waals surface area (Å²) in [4.78, 5) is 22.3. The minimum atomic E-state index is -0.552. The summed E-state index contributed by atoms with van der Waals surface area (Å²) >= 11 is 0. The summed E-state index contributed by atoms with van der Waals surface area (Å²) in [7, 11) is 0. The quantitative estimate of drug-likeness (QED) is 0.810. The summed E-state index contributed by atoms with van der Waals surface area (Å²) in [5, 5.41) is 5.05. The highest BCUT2D eigenvalue weighted by molar-refractivity contribution is 5.92. The van der Waals surface area contributed by atoms with E-state index < -0.39 is 11.7 Å². The van der Waals surface area contributed by atoms with E-state index in [1.807, 2.05) is 0 Å². The van der Waals surface area contributed by atoms with Crippen LogP contribution in [0.15, 0.2) is 42.5 Å². The number of amides is 2. The lowest BCUT2D eigenvalue weighted by Gasteiger charge is -2.09. The normalized spacial score (nSPS) is 10.1. The number of hydrogen-bond donors (Lipinski definition) is 3. The van der Waals surface area contributed by atoms with Crippen molar-refractivity contribution in [1.82, 2.24) is 0 Å². The standard InChI is InChI=1S/C16H16FN3O2/c1-10(21)19-13-4-2-3-11(7-13)12-5-6-15(14(17)8-12)20-16(22)9-18/h2-8H,9,18H2,1H3,(H,19,21)(H,20,22). The third kappa shape index (κ3) is 3.89. The molecule has 0 aliphatic rings. The van der Waals surface area contributed by atoms with Crippen molar-refractivity contribution < 1.29 is 14.0 Å². The van der Waals surface area contributed by atoms with Gasteiger partial charge in [0.1, 0.15) is 5.82 Å². The van der Waals surface area contributed by atoms with Gasteiger partial charge >= 0.3 is 0 Å². The van der Waals surface area contributed by atoms with Crippen LogP contribution < -0.4 is 16.4 Å². The van der Waals surface area contributed by atoms with E-state index in [0.29, 0.717) is 11.3 Å². The van der Waals surface area contributed by atoms with Gasteiger partial charge in [-0.25, -0.2) is 4.39 Å². The Morgan fingerprint density at radius 1 is 1.09 bits per heavy atom. The summed E-state index contributed by atoms with van der Waals surface area (Å²) in [5.41, 5.74) is 7.28. The van der Waals surface area contributed by atoms with E-state index in [4.69, 9.17) is 5.73 Å². The highest BCUT2D eigenvalue weighted by atomic mass is 19.1. The number of halogens is 1. The van der Waals surface area contributed by atoms with Crippen molar-refractivity contribution in [2.75, 3.05) is 17.2 Å². The number of rotatable bonds is 4. The first-order valence-corrected chi connectivity index (χ1v) is 6.67. The average Bonchev–Trinajstić information content (AvgIpc) is 2.48. The molecule has 22 heavy (non-hydrogen) atoms. The maximum Gasteiger partial charge on any atom is 0.238 e. The third-order valence-corrected chi connectivity index (χ3v) is 2.94. The molecule has 5 nitrogen and oxygen atoms in total. The second-order valence-corrected chi connectivity index (χ2v) is 4.71. The van der Waals surface area contributed by atoms with Gasteiger partial charge in [0, 0.05) is 12.6 Å². The lowest BCUT2D eigenvalue weighted by atomic mass is 10.0. The first-order chi connectivity index (χ1) is 10.5. The molecule has 0 bridgehead atoms. The molecule has 0 atom stereocenters. The topological polar surface area (TPSA) is 84.2 Å². The smallest absolute Gasteiger partial charge is 0.238 e. The number of carbonyl (C=O) groups excluding carboxylic acids is 2. The largest absolute Gasteiger partial charge is 0.326 e. The number of carbonyl (C=O) groups is 2. The van der Waals surface area contributed by atoms with Crippen LogP contribution in [-0.4, -0.2) is 18.4 Å². The highest BCUT2D eigenvalue weighted by Gasteiger charge is 2.08. The SMILES string of the molecule is CC(=O)Nc1cccc(-c2ccc(NC(=O)CN)c(F)c2)c1. The van der Waals surface area contributed by atoms with Gasteiger partial charge in [0.2, 0.25) is 11.8 Å². The zero-order valence-electron chi connectivity index (χ0n) is 12.0. The van der Waals surface area contributed by atoms with Gasteiger partial charge in [0.25, 0.3) is 0 Å².